The molecule has 1 fully saturated rings. The Morgan fingerprint density at radius 3 is 2.43 bits per heavy atom. The molecule has 2 aliphatic rings. The van der Waals surface area contributed by atoms with E-state index in [1.165, 1.54) is 23.1 Å². The zero-order valence-electron chi connectivity index (χ0n) is 15.8. The number of Topliss-reactive ketones (excluding diaryl/α,β-unsaturated/α-hetero) is 1. The molecule has 0 bridgehead atoms. The van der Waals surface area contributed by atoms with Crippen molar-refractivity contribution in [2.75, 3.05) is 19.6 Å². The Balaban J connectivity index is 1.77. The first kappa shape index (κ1) is 18.3. The van der Waals surface area contributed by atoms with Crippen LogP contribution in [0.1, 0.15) is 44.9 Å². The van der Waals surface area contributed by atoms with Gasteiger partial charge in [-0.05, 0) is 32.0 Å². The lowest BCUT2D eigenvalue weighted by Crippen LogP contribution is -2.49. The lowest BCUT2D eigenvalue weighted by molar-refractivity contribution is 0.0559. The first-order valence-electron chi connectivity index (χ1n) is 9.37. The van der Waals surface area contributed by atoms with Crippen molar-refractivity contribution < 1.29 is 18.8 Å². The van der Waals surface area contributed by atoms with Gasteiger partial charge in [-0.25, -0.2) is 4.39 Å². The van der Waals surface area contributed by atoms with Gasteiger partial charge in [0.1, 0.15) is 5.82 Å². The van der Waals surface area contributed by atoms with Crippen LogP contribution in [0.15, 0.2) is 48.5 Å². The van der Waals surface area contributed by atoms with Crippen LogP contribution in [-0.2, 0) is 0 Å². The minimum atomic E-state index is -0.945. The molecule has 2 amide bonds. The summed E-state index contributed by atoms with van der Waals surface area (Å²) >= 11 is 0. The second-order valence-electron chi connectivity index (χ2n) is 7.56. The standard InChI is InChI=1S/C22H21FN2O3/c1-3-25-18-12-24(20(27)16-10-6-7-11-17(16)23)13-22(18,2)19(26)14-8-4-5-9-15(14)21(25)28/h4-11,18H,3,12-13H2,1-2H3/t18-,22+/m1/s1. The first-order valence-corrected chi connectivity index (χ1v) is 9.37. The van der Waals surface area contributed by atoms with Crippen LogP contribution in [-0.4, -0.2) is 53.1 Å². The summed E-state index contributed by atoms with van der Waals surface area (Å²) in [5.41, 5.74) is -0.183. The molecule has 0 saturated carbocycles. The normalized spacial score (nSPS) is 24.0. The van der Waals surface area contributed by atoms with E-state index >= 15 is 0 Å². The summed E-state index contributed by atoms with van der Waals surface area (Å²) in [6, 6.07) is 12.2. The van der Waals surface area contributed by atoms with Crippen molar-refractivity contribution in [1.29, 1.82) is 0 Å². The third kappa shape index (κ3) is 2.55. The number of benzene rings is 2. The highest BCUT2D eigenvalue weighted by atomic mass is 19.1. The summed E-state index contributed by atoms with van der Waals surface area (Å²) < 4.78 is 14.1. The van der Waals surface area contributed by atoms with Crippen LogP contribution in [0.3, 0.4) is 0 Å². The van der Waals surface area contributed by atoms with Gasteiger partial charge in [-0.3, -0.25) is 14.4 Å². The number of carbonyl (C=O) groups is 3. The van der Waals surface area contributed by atoms with Gasteiger partial charge in [-0.2, -0.15) is 0 Å². The van der Waals surface area contributed by atoms with Gasteiger partial charge in [-0.1, -0.05) is 30.3 Å². The number of rotatable bonds is 2. The lowest BCUT2D eigenvalue weighted by atomic mass is 9.78. The predicted molar refractivity (Wildman–Crippen MR) is 102 cm³/mol. The van der Waals surface area contributed by atoms with E-state index in [-0.39, 0.29) is 30.3 Å². The molecule has 2 heterocycles. The number of hydrogen-bond acceptors (Lipinski definition) is 3. The molecule has 0 aliphatic carbocycles. The Labute approximate surface area is 162 Å². The van der Waals surface area contributed by atoms with Crippen molar-refractivity contribution in [2.24, 2.45) is 5.41 Å². The average molecular weight is 380 g/mol. The number of hydrogen-bond donors (Lipinski definition) is 0. The van der Waals surface area contributed by atoms with E-state index in [0.29, 0.717) is 17.7 Å². The molecule has 2 atom stereocenters. The fourth-order valence-electron chi connectivity index (χ4n) is 4.44. The fraction of sp³-hybridized carbons (Fsp3) is 0.318. The maximum Gasteiger partial charge on any atom is 0.256 e. The quantitative estimate of drug-likeness (QED) is 0.805. The monoisotopic (exact) mass is 380 g/mol. The second kappa shape index (κ2) is 6.55. The van der Waals surface area contributed by atoms with E-state index in [9.17, 15) is 18.8 Å². The van der Waals surface area contributed by atoms with Gasteiger partial charge < -0.3 is 9.80 Å². The molecule has 1 saturated heterocycles. The number of likely N-dealkylation sites (tertiary alicyclic amines) is 1. The Hall–Kier alpha value is -3.02. The molecular formula is C22H21FN2O3. The summed E-state index contributed by atoms with van der Waals surface area (Å²) in [5.74, 6) is -1.41. The molecule has 0 aromatic heterocycles. The highest BCUT2D eigenvalue weighted by Gasteiger charge is 2.55. The van der Waals surface area contributed by atoms with Crippen LogP contribution in [0.2, 0.25) is 0 Å². The fourth-order valence-corrected chi connectivity index (χ4v) is 4.44. The molecule has 2 aliphatic heterocycles. The van der Waals surface area contributed by atoms with Crippen molar-refractivity contribution in [2.45, 2.75) is 19.9 Å². The summed E-state index contributed by atoms with van der Waals surface area (Å²) in [6.45, 7) is 4.41. The van der Waals surface area contributed by atoms with Crippen molar-refractivity contribution in [3.8, 4) is 0 Å². The zero-order chi connectivity index (χ0) is 20.1. The number of likely N-dealkylation sites (N-methyl/N-ethyl adjacent to an activating group) is 1. The number of nitrogens with zero attached hydrogens (tertiary/aromatic N) is 2. The number of amides is 2. The predicted octanol–water partition coefficient (Wildman–Crippen LogP) is 3.02. The molecule has 144 valence electrons. The van der Waals surface area contributed by atoms with E-state index in [0.717, 1.165) is 0 Å². The summed E-state index contributed by atoms with van der Waals surface area (Å²) in [6.07, 6.45) is 0. The molecule has 2 aromatic rings. The van der Waals surface area contributed by atoms with Crippen molar-refractivity contribution >= 4 is 17.6 Å². The van der Waals surface area contributed by atoms with Gasteiger partial charge in [-0.15, -0.1) is 0 Å². The van der Waals surface area contributed by atoms with Gasteiger partial charge in [0.25, 0.3) is 11.8 Å². The number of carbonyl (C=O) groups excluding carboxylic acids is 3. The van der Waals surface area contributed by atoms with Crippen LogP contribution >= 0.6 is 0 Å². The summed E-state index contributed by atoms with van der Waals surface area (Å²) in [7, 11) is 0. The molecule has 4 rings (SSSR count). The molecular weight excluding hydrogens is 359 g/mol. The van der Waals surface area contributed by atoms with Crippen LogP contribution in [0, 0.1) is 11.2 Å². The van der Waals surface area contributed by atoms with Gasteiger partial charge >= 0.3 is 0 Å². The molecule has 6 heteroatoms. The van der Waals surface area contributed by atoms with Crippen molar-refractivity contribution in [3.63, 3.8) is 0 Å². The van der Waals surface area contributed by atoms with Crippen LogP contribution in [0.5, 0.6) is 0 Å². The minimum absolute atomic E-state index is 0.0233. The Morgan fingerprint density at radius 1 is 1.11 bits per heavy atom. The van der Waals surface area contributed by atoms with E-state index in [1.807, 2.05) is 6.92 Å². The summed E-state index contributed by atoms with van der Waals surface area (Å²) in [5, 5.41) is 0. The lowest BCUT2D eigenvalue weighted by Gasteiger charge is -2.34. The maximum absolute atomic E-state index is 14.1. The van der Waals surface area contributed by atoms with Crippen molar-refractivity contribution in [1.82, 2.24) is 9.80 Å². The van der Waals surface area contributed by atoms with Gasteiger partial charge in [0.2, 0.25) is 0 Å². The summed E-state index contributed by atoms with van der Waals surface area (Å²) in [4.78, 5) is 42.6. The third-order valence-electron chi connectivity index (χ3n) is 5.94. The van der Waals surface area contributed by atoms with Gasteiger partial charge in [0.15, 0.2) is 5.78 Å². The Bertz CT molecular complexity index is 989. The highest BCUT2D eigenvalue weighted by molar-refractivity contribution is 6.13. The molecule has 0 unspecified atom stereocenters. The molecule has 0 radical (unpaired) electrons. The number of fused-ring (bicyclic) bond motifs is 2. The zero-order valence-corrected chi connectivity index (χ0v) is 15.8. The van der Waals surface area contributed by atoms with Crippen LogP contribution < -0.4 is 0 Å². The third-order valence-corrected chi connectivity index (χ3v) is 5.94. The smallest absolute Gasteiger partial charge is 0.256 e. The molecule has 5 nitrogen and oxygen atoms in total. The Morgan fingerprint density at radius 2 is 1.75 bits per heavy atom. The van der Waals surface area contributed by atoms with E-state index in [1.54, 1.807) is 42.2 Å². The SMILES string of the molecule is CCN1C(=O)c2ccccc2C(=O)[C@@]2(C)CN(C(=O)c3ccccc3F)C[C@@H]12. The largest absolute Gasteiger partial charge is 0.335 e. The average Bonchev–Trinajstić information content (AvgIpc) is 3.03. The van der Waals surface area contributed by atoms with E-state index < -0.39 is 23.2 Å². The molecule has 0 spiro atoms. The topological polar surface area (TPSA) is 57.7 Å². The Kier molecular flexibility index (Phi) is 4.29. The first-order chi connectivity index (χ1) is 13.4. The molecule has 0 N–H and O–H groups in total. The number of ketones is 1. The molecule has 2 aromatic carbocycles. The second-order valence-corrected chi connectivity index (χ2v) is 7.56. The van der Waals surface area contributed by atoms with Crippen molar-refractivity contribution in [3.05, 3.63) is 71.0 Å². The maximum atomic E-state index is 14.1. The number of halogens is 1. The van der Waals surface area contributed by atoms with Gasteiger partial charge in [0, 0.05) is 25.2 Å². The van der Waals surface area contributed by atoms with E-state index in [4.69, 9.17) is 0 Å². The highest BCUT2D eigenvalue weighted by Crippen LogP contribution is 2.41. The minimum Gasteiger partial charge on any atom is -0.335 e. The molecule has 28 heavy (non-hydrogen) atoms. The van der Waals surface area contributed by atoms with Gasteiger partial charge in [0.05, 0.1) is 22.6 Å². The van der Waals surface area contributed by atoms with Crippen LogP contribution in [0.4, 0.5) is 4.39 Å². The van der Waals surface area contributed by atoms with Crippen LogP contribution in [0.25, 0.3) is 0 Å². The van der Waals surface area contributed by atoms with E-state index in [2.05, 4.69) is 0 Å².